The predicted molar refractivity (Wildman–Crippen MR) is 87.1 cm³/mol. The first-order chi connectivity index (χ1) is 11.4. The van der Waals surface area contributed by atoms with Gasteiger partial charge in [0.1, 0.15) is 0 Å². The number of ether oxygens (including phenoxy) is 7. The number of hydrogen-bond acceptors (Lipinski definition) is 7. The fourth-order valence-electron chi connectivity index (χ4n) is 1.56. The number of hydrogen-bond donors (Lipinski definition) is 0. The summed E-state index contributed by atoms with van der Waals surface area (Å²) in [4.78, 5) is 0. The van der Waals surface area contributed by atoms with Crippen molar-refractivity contribution >= 4 is 0 Å². The second-order valence-electron chi connectivity index (χ2n) is 4.75. The SMILES string of the molecule is COCCOCCOCCCCOCCOCCOCCOC. The van der Waals surface area contributed by atoms with Gasteiger partial charge in [-0.2, -0.15) is 0 Å². The topological polar surface area (TPSA) is 64.6 Å². The maximum Gasteiger partial charge on any atom is 0.0701 e. The van der Waals surface area contributed by atoms with Crippen LogP contribution in [0, 0.1) is 0 Å². The highest BCUT2D eigenvalue weighted by molar-refractivity contribution is 4.40. The third kappa shape index (κ3) is 21.7. The Labute approximate surface area is 140 Å². The summed E-state index contributed by atoms with van der Waals surface area (Å²) < 4.78 is 36.6. The van der Waals surface area contributed by atoms with Crippen LogP contribution in [0.3, 0.4) is 0 Å². The van der Waals surface area contributed by atoms with Crippen LogP contribution in [-0.2, 0) is 33.2 Å². The van der Waals surface area contributed by atoms with E-state index in [2.05, 4.69) is 0 Å². The molecule has 0 saturated heterocycles. The first-order valence-corrected chi connectivity index (χ1v) is 8.28. The van der Waals surface area contributed by atoms with Gasteiger partial charge in [-0.15, -0.1) is 0 Å². The van der Waals surface area contributed by atoms with Gasteiger partial charge in [-0.25, -0.2) is 0 Å². The molecule has 0 aliphatic carbocycles. The zero-order chi connectivity index (χ0) is 16.8. The lowest BCUT2D eigenvalue weighted by molar-refractivity contribution is 0.00148. The maximum absolute atomic E-state index is 5.47. The van der Waals surface area contributed by atoms with E-state index in [1.807, 2.05) is 0 Å². The van der Waals surface area contributed by atoms with Crippen LogP contribution in [0.5, 0.6) is 0 Å². The molecule has 0 radical (unpaired) electrons. The molecule has 0 bridgehead atoms. The second-order valence-corrected chi connectivity index (χ2v) is 4.75. The molecule has 0 rings (SSSR count). The molecular formula is C16H34O7. The largest absolute Gasteiger partial charge is 0.382 e. The summed E-state index contributed by atoms with van der Waals surface area (Å²) in [7, 11) is 3.31. The van der Waals surface area contributed by atoms with Crippen molar-refractivity contribution in [2.75, 3.05) is 93.5 Å². The molecule has 7 heteroatoms. The van der Waals surface area contributed by atoms with Gasteiger partial charge in [-0.05, 0) is 12.8 Å². The summed E-state index contributed by atoms with van der Waals surface area (Å²) in [6.45, 7) is 7.60. The average Bonchev–Trinajstić information content (AvgIpc) is 2.57. The molecule has 0 aromatic rings. The lowest BCUT2D eigenvalue weighted by Crippen LogP contribution is -2.12. The Morgan fingerprint density at radius 2 is 0.609 bits per heavy atom. The van der Waals surface area contributed by atoms with Crippen LogP contribution in [0.25, 0.3) is 0 Å². The van der Waals surface area contributed by atoms with Crippen molar-refractivity contribution in [3.63, 3.8) is 0 Å². The zero-order valence-corrected chi connectivity index (χ0v) is 14.8. The summed E-state index contributed by atoms with van der Waals surface area (Å²) >= 11 is 0. The predicted octanol–water partition coefficient (Wildman–Crippen LogP) is 1.14. The van der Waals surface area contributed by atoms with Crippen LogP contribution < -0.4 is 0 Å². The van der Waals surface area contributed by atoms with Gasteiger partial charge in [-0.1, -0.05) is 0 Å². The molecular weight excluding hydrogens is 304 g/mol. The van der Waals surface area contributed by atoms with Crippen molar-refractivity contribution in [1.82, 2.24) is 0 Å². The van der Waals surface area contributed by atoms with Crippen molar-refractivity contribution in [3.05, 3.63) is 0 Å². The highest BCUT2D eigenvalue weighted by Gasteiger charge is 1.94. The van der Waals surface area contributed by atoms with Crippen LogP contribution in [0.15, 0.2) is 0 Å². The van der Waals surface area contributed by atoms with Gasteiger partial charge in [0.15, 0.2) is 0 Å². The molecule has 7 nitrogen and oxygen atoms in total. The van der Waals surface area contributed by atoms with Crippen LogP contribution in [0.4, 0.5) is 0 Å². The van der Waals surface area contributed by atoms with Crippen LogP contribution >= 0.6 is 0 Å². The molecule has 0 amide bonds. The second kappa shape index (κ2) is 21.7. The maximum atomic E-state index is 5.47. The monoisotopic (exact) mass is 338 g/mol. The normalized spacial score (nSPS) is 11.2. The van der Waals surface area contributed by atoms with E-state index in [0.717, 1.165) is 26.1 Å². The van der Waals surface area contributed by atoms with Crippen LogP contribution in [-0.4, -0.2) is 93.5 Å². The molecule has 0 fully saturated rings. The smallest absolute Gasteiger partial charge is 0.0701 e. The summed E-state index contributed by atoms with van der Waals surface area (Å²) in [5.74, 6) is 0. The van der Waals surface area contributed by atoms with Gasteiger partial charge in [0.2, 0.25) is 0 Å². The molecule has 0 spiro atoms. The van der Waals surface area contributed by atoms with Gasteiger partial charge in [-0.3, -0.25) is 0 Å². The van der Waals surface area contributed by atoms with Gasteiger partial charge >= 0.3 is 0 Å². The zero-order valence-electron chi connectivity index (χ0n) is 14.8. The highest BCUT2D eigenvalue weighted by atomic mass is 16.6. The van der Waals surface area contributed by atoms with Gasteiger partial charge in [0, 0.05) is 27.4 Å². The number of unbranched alkanes of at least 4 members (excludes halogenated alkanes) is 1. The fraction of sp³-hybridized carbons (Fsp3) is 1.00. The fourth-order valence-corrected chi connectivity index (χ4v) is 1.56. The Morgan fingerprint density at radius 1 is 0.348 bits per heavy atom. The van der Waals surface area contributed by atoms with E-state index in [1.54, 1.807) is 14.2 Å². The standard InChI is InChI=1S/C16H34O7/c1-17-7-9-21-13-11-19-5-3-4-6-20-12-14-23-16-15-22-10-8-18-2/h3-16H2,1-2H3. The molecule has 0 saturated carbocycles. The molecule has 0 heterocycles. The lowest BCUT2D eigenvalue weighted by Gasteiger charge is -2.07. The summed E-state index contributed by atoms with van der Waals surface area (Å²) in [5.41, 5.74) is 0. The van der Waals surface area contributed by atoms with Crippen molar-refractivity contribution in [2.45, 2.75) is 12.8 Å². The minimum absolute atomic E-state index is 0.591. The first kappa shape index (κ1) is 22.7. The van der Waals surface area contributed by atoms with E-state index in [-0.39, 0.29) is 0 Å². The Hall–Kier alpha value is -0.280. The van der Waals surface area contributed by atoms with Gasteiger partial charge in [0.25, 0.3) is 0 Å². The minimum atomic E-state index is 0.591. The highest BCUT2D eigenvalue weighted by Crippen LogP contribution is 1.92. The number of methoxy groups -OCH3 is 2. The third-order valence-corrected chi connectivity index (χ3v) is 2.81. The number of rotatable bonds is 20. The van der Waals surface area contributed by atoms with Gasteiger partial charge in [0.05, 0.1) is 66.1 Å². The van der Waals surface area contributed by atoms with Gasteiger partial charge < -0.3 is 33.2 Å². The molecule has 0 aliphatic heterocycles. The van der Waals surface area contributed by atoms with E-state index in [0.29, 0.717) is 66.1 Å². The Kier molecular flexibility index (Phi) is 21.5. The Morgan fingerprint density at radius 3 is 0.913 bits per heavy atom. The van der Waals surface area contributed by atoms with Crippen LogP contribution in [0.1, 0.15) is 12.8 Å². The van der Waals surface area contributed by atoms with Crippen molar-refractivity contribution in [1.29, 1.82) is 0 Å². The summed E-state index contributed by atoms with van der Waals surface area (Å²) in [6.07, 6.45) is 1.98. The van der Waals surface area contributed by atoms with Crippen molar-refractivity contribution < 1.29 is 33.2 Å². The van der Waals surface area contributed by atoms with E-state index in [1.165, 1.54) is 0 Å². The molecule has 0 N–H and O–H groups in total. The van der Waals surface area contributed by atoms with Crippen LogP contribution in [0.2, 0.25) is 0 Å². The van der Waals surface area contributed by atoms with E-state index in [9.17, 15) is 0 Å². The molecule has 0 aromatic carbocycles. The Balaban J connectivity index is 2.92. The average molecular weight is 338 g/mol. The minimum Gasteiger partial charge on any atom is -0.382 e. The molecule has 23 heavy (non-hydrogen) atoms. The Bertz CT molecular complexity index is 185. The molecule has 0 aromatic heterocycles. The molecule has 140 valence electrons. The summed E-state index contributed by atoms with van der Waals surface area (Å²) in [6, 6.07) is 0. The molecule has 0 aliphatic rings. The first-order valence-electron chi connectivity index (χ1n) is 8.28. The van der Waals surface area contributed by atoms with Crippen molar-refractivity contribution in [2.24, 2.45) is 0 Å². The molecule has 0 atom stereocenters. The van der Waals surface area contributed by atoms with E-state index in [4.69, 9.17) is 33.2 Å². The molecule has 0 unspecified atom stereocenters. The summed E-state index contributed by atoms with van der Waals surface area (Å²) in [5, 5.41) is 0. The lowest BCUT2D eigenvalue weighted by atomic mass is 10.3. The van der Waals surface area contributed by atoms with E-state index >= 15 is 0 Å². The quantitative estimate of drug-likeness (QED) is 0.308. The van der Waals surface area contributed by atoms with Crippen molar-refractivity contribution in [3.8, 4) is 0 Å². The third-order valence-electron chi connectivity index (χ3n) is 2.81. The van der Waals surface area contributed by atoms with E-state index < -0.39 is 0 Å².